The smallest absolute Gasteiger partial charge is 0.0568 e. The number of hydrogen-bond acceptors (Lipinski definition) is 1. The molecule has 0 amide bonds. The number of hydrogen-bond donors (Lipinski definition) is 1. The van der Waals surface area contributed by atoms with Crippen molar-refractivity contribution in [1.29, 1.82) is 0 Å². The molecule has 0 spiro atoms. The van der Waals surface area contributed by atoms with Crippen molar-refractivity contribution in [2.75, 3.05) is 5.32 Å². The summed E-state index contributed by atoms with van der Waals surface area (Å²) in [4.78, 5) is 0. The lowest BCUT2D eigenvalue weighted by atomic mass is 10.0. The molecule has 4 heteroatoms. The van der Waals surface area contributed by atoms with Gasteiger partial charge in [-0.15, -0.1) is 0 Å². The highest BCUT2D eigenvalue weighted by Gasteiger charge is 2.10. The molecule has 100 valence electrons. The summed E-state index contributed by atoms with van der Waals surface area (Å²) in [6.45, 7) is 2.14. The lowest BCUT2D eigenvalue weighted by molar-refractivity contribution is 0.749. The van der Waals surface area contributed by atoms with Crippen LogP contribution in [0.5, 0.6) is 0 Å². The van der Waals surface area contributed by atoms with Crippen LogP contribution in [0.25, 0.3) is 0 Å². The van der Waals surface area contributed by atoms with Crippen molar-refractivity contribution >= 4 is 44.8 Å². The van der Waals surface area contributed by atoms with E-state index < -0.39 is 0 Å². The number of nitrogens with one attached hydrogen (secondary N) is 1. The molecular formula is C15H14BrCl2N. The number of anilines is 1. The lowest BCUT2D eigenvalue weighted by Crippen LogP contribution is -2.09. The van der Waals surface area contributed by atoms with Crippen molar-refractivity contribution in [3.05, 3.63) is 62.5 Å². The molecule has 0 fully saturated rings. The molecule has 1 unspecified atom stereocenters. The molecule has 2 rings (SSSR count). The van der Waals surface area contributed by atoms with Crippen LogP contribution in [0.15, 0.2) is 46.9 Å². The highest BCUT2D eigenvalue weighted by atomic mass is 79.9. The predicted octanol–water partition coefficient (Wildman–Crippen LogP) is 6.32. The largest absolute Gasteiger partial charge is 0.378 e. The van der Waals surface area contributed by atoms with Gasteiger partial charge >= 0.3 is 0 Å². The summed E-state index contributed by atoms with van der Waals surface area (Å²) in [6.07, 6.45) is 0.966. The fourth-order valence-electron chi connectivity index (χ4n) is 1.93. The van der Waals surface area contributed by atoms with E-state index in [9.17, 15) is 0 Å². The SMILES string of the molecule is CCC(Nc1ccc(Br)c(Cl)c1)c1cccc(Cl)c1. The maximum atomic E-state index is 6.10. The number of benzene rings is 2. The summed E-state index contributed by atoms with van der Waals surface area (Å²) in [7, 11) is 0. The molecule has 0 aliphatic rings. The van der Waals surface area contributed by atoms with Gasteiger partial charge in [0.25, 0.3) is 0 Å². The van der Waals surface area contributed by atoms with Gasteiger partial charge in [-0.05, 0) is 58.2 Å². The van der Waals surface area contributed by atoms with Gasteiger partial charge in [-0.1, -0.05) is 42.3 Å². The van der Waals surface area contributed by atoms with Gasteiger partial charge in [0.2, 0.25) is 0 Å². The fourth-order valence-corrected chi connectivity index (χ4v) is 2.56. The molecule has 0 saturated heterocycles. The zero-order chi connectivity index (χ0) is 13.8. The van der Waals surface area contributed by atoms with Crippen molar-refractivity contribution in [3.63, 3.8) is 0 Å². The molecule has 0 heterocycles. The third-order valence-electron chi connectivity index (χ3n) is 2.92. The van der Waals surface area contributed by atoms with E-state index >= 15 is 0 Å². The van der Waals surface area contributed by atoms with Gasteiger partial charge < -0.3 is 5.32 Å². The maximum Gasteiger partial charge on any atom is 0.0568 e. The first-order chi connectivity index (χ1) is 9.10. The summed E-state index contributed by atoms with van der Waals surface area (Å²) >= 11 is 15.5. The molecule has 0 bridgehead atoms. The zero-order valence-electron chi connectivity index (χ0n) is 10.5. The van der Waals surface area contributed by atoms with E-state index in [2.05, 4.69) is 34.2 Å². The van der Waals surface area contributed by atoms with E-state index in [1.54, 1.807) is 0 Å². The fraction of sp³-hybridized carbons (Fsp3) is 0.200. The quantitative estimate of drug-likeness (QED) is 0.674. The third kappa shape index (κ3) is 3.88. The molecule has 1 N–H and O–H groups in total. The summed E-state index contributed by atoms with van der Waals surface area (Å²) < 4.78 is 0.899. The Morgan fingerprint density at radius 2 is 1.95 bits per heavy atom. The maximum absolute atomic E-state index is 6.10. The van der Waals surface area contributed by atoms with Gasteiger partial charge in [-0.3, -0.25) is 0 Å². The zero-order valence-corrected chi connectivity index (χ0v) is 13.6. The average molecular weight is 359 g/mol. The molecule has 2 aromatic carbocycles. The van der Waals surface area contributed by atoms with E-state index in [4.69, 9.17) is 23.2 Å². The molecule has 1 atom stereocenters. The molecule has 1 nitrogen and oxygen atoms in total. The van der Waals surface area contributed by atoms with Gasteiger partial charge in [-0.25, -0.2) is 0 Å². The van der Waals surface area contributed by atoms with Crippen LogP contribution in [0.4, 0.5) is 5.69 Å². The van der Waals surface area contributed by atoms with Crippen LogP contribution in [-0.2, 0) is 0 Å². The van der Waals surface area contributed by atoms with Gasteiger partial charge in [0, 0.05) is 15.2 Å². The standard InChI is InChI=1S/C15H14BrCl2N/c1-2-15(10-4-3-5-11(17)8-10)19-12-6-7-13(16)14(18)9-12/h3-9,15,19H,2H2,1H3. The molecule has 0 radical (unpaired) electrons. The van der Waals surface area contributed by atoms with Crippen LogP contribution >= 0.6 is 39.1 Å². The molecule has 2 aromatic rings. The predicted molar refractivity (Wildman–Crippen MR) is 87.3 cm³/mol. The summed E-state index contributed by atoms with van der Waals surface area (Å²) in [5.74, 6) is 0. The third-order valence-corrected chi connectivity index (χ3v) is 4.39. The second kappa shape index (κ2) is 6.65. The topological polar surface area (TPSA) is 12.0 Å². The Bertz CT molecular complexity index is 572. The van der Waals surface area contributed by atoms with Gasteiger partial charge in [-0.2, -0.15) is 0 Å². The van der Waals surface area contributed by atoms with Crippen molar-refractivity contribution < 1.29 is 0 Å². The second-order valence-electron chi connectivity index (χ2n) is 4.29. The van der Waals surface area contributed by atoms with Crippen molar-refractivity contribution in [1.82, 2.24) is 0 Å². The van der Waals surface area contributed by atoms with E-state index in [0.29, 0.717) is 5.02 Å². The molecule has 0 aliphatic carbocycles. The van der Waals surface area contributed by atoms with Crippen molar-refractivity contribution in [2.45, 2.75) is 19.4 Å². The molecular weight excluding hydrogens is 345 g/mol. The molecule has 0 aliphatic heterocycles. The molecule has 0 saturated carbocycles. The highest BCUT2D eigenvalue weighted by molar-refractivity contribution is 9.10. The van der Waals surface area contributed by atoms with Gasteiger partial charge in [0.05, 0.1) is 11.1 Å². The second-order valence-corrected chi connectivity index (χ2v) is 5.99. The Labute approximate surface area is 132 Å². The Balaban J connectivity index is 2.21. The van der Waals surface area contributed by atoms with Crippen LogP contribution in [0.2, 0.25) is 10.0 Å². The Hall–Kier alpha value is -0.700. The normalized spacial score (nSPS) is 12.2. The Kier molecular flexibility index (Phi) is 5.14. The molecule has 19 heavy (non-hydrogen) atoms. The van der Waals surface area contributed by atoms with Crippen molar-refractivity contribution in [2.24, 2.45) is 0 Å². The van der Waals surface area contributed by atoms with Crippen molar-refractivity contribution in [3.8, 4) is 0 Å². The average Bonchev–Trinajstić information content (AvgIpc) is 2.40. The Morgan fingerprint density at radius 1 is 1.16 bits per heavy atom. The lowest BCUT2D eigenvalue weighted by Gasteiger charge is -2.19. The van der Waals surface area contributed by atoms with E-state index in [0.717, 1.165) is 21.6 Å². The van der Waals surface area contributed by atoms with Gasteiger partial charge in [0.1, 0.15) is 0 Å². The van der Waals surface area contributed by atoms with E-state index in [1.165, 1.54) is 5.56 Å². The number of halogens is 3. The Morgan fingerprint density at radius 3 is 2.58 bits per heavy atom. The van der Waals surface area contributed by atoms with Crippen LogP contribution in [-0.4, -0.2) is 0 Å². The van der Waals surface area contributed by atoms with Gasteiger partial charge in [0.15, 0.2) is 0 Å². The summed E-state index contributed by atoms with van der Waals surface area (Å²) in [5, 5.41) is 4.93. The first-order valence-electron chi connectivity index (χ1n) is 6.07. The van der Waals surface area contributed by atoms with E-state index in [1.807, 2.05) is 36.4 Å². The summed E-state index contributed by atoms with van der Waals surface area (Å²) in [6, 6.07) is 14.0. The van der Waals surface area contributed by atoms with Crippen LogP contribution in [0, 0.1) is 0 Å². The first kappa shape index (κ1) is 14.7. The summed E-state index contributed by atoms with van der Waals surface area (Å²) in [5.41, 5.74) is 2.18. The first-order valence-corrected chi connectivity index (χ1v) is 7.62. The van der Waals surface area contributed by atoms with E-state index in [-0.39, 0.29) is 6.04 Å². The van der Waals surface area contributed by atoms with Crippen LogP contribution < -0.4 is 5.32 Å². The van der Waals surface area contributed by atoms with Crippen LogP contribution in [0.1, 0.15) is 24.9 Å². The number of rotatable bonds is 4. The van der Waals surface area contributed by atoms with Crippen LogP contribution in [0.3, 0.4) is 0 Å². The monoisotopic (exact) mass is 357 g/mol. The molecule has 0 aromatic heterocycles. The minimum atomic E-state index is 0.218. The highest BCUT2D eigenvalue weighted by Crippen LogP contribution is 2.29. The minimum Gasteiger partial charge on any atom is -0.378 e. The minimum absolute atomic E-state index is 0.218.